The molecule has 24 heavy (non-hydrogen) atoms. The van der Waals surface area contributed by atoms with Crippen LogP contribution in [-0.4, -0.2) is 36.0 Å². The number of benzene rings is 1. The standard InChI is InChI=1S/C18H24N4OS/c1-23-13-17-20-16(14-24-17)12-19-18(22-10-6-3-7-11-22)21-15-8-4-2-5-9-15/h2,4-5,8-9,14H,3,6-7,10-13H2,1H3,(H,19,21). The van der Waals surface area contributed by atoms with Gasteiger partial charge in [0, 0.05) is 31.3 Å². The largest absolute Gasteiger partial charge is 0.378 e. The molecule has 5 nitrogen and oxygen atoms in total. The third kappa shape index (κ3) is 4.79. The summed E-state index contributed by atoms with van der Waals surface area (Å²) in [4.78, 5) is 11.7. The second kappa shape index (κ2) is 8.80. The second-order valence-electron chi connectivity index (χ2n) is 5.84. The van der Waals surface area contributed by atoms with E-state index in [-0.39, 0.29) is 0 Å². The van der Waals surface area contributed by atoms with E-state index < -0.39 is 0 Å². The van der Waals surface area contributed by atoms with E-state index in [0.29, 0.717) is 13.2 Å². The number of hydrogen-bond donors (Lipinski definition) is 1. The van der Waals surface area contributed by atoms with Crippen LogP contribution in [-0.2, 0) is 17.9 Å². The molecule has 0 amide bonds. The number of thiazole rings is 1. The molecule has 1 fully saturated rings. The quantitative estimate of drug-likeness (QED) is 0.663. The molecule has 0 unspecified atom stereocenters. The van der Waals surface area contributed by atoms with Gasteiger partial charge in [0.2, 0.25) is 0 Å². The van der Waals surface area contributed by atoms with E-state index >= 15 is 0 Å². The van der Waals surface area contributed by atoms with E-state index in [1.165, 1.54) is 19.3 Å². The summed E-state index contributed by atoms with van der Waals surface area (Å²) >= 11 is 1.63. The Balaban J connectivity index is 1.72. The minimum Gasteiger partial charge on any atom is -0.378 e. The molecule has 3 rings (SSSR count). The lowest BCUT2D eigenvalue weighted by Gasteiger charge is -2.30. The van der Waals surface area contributed by atoms with Crippen LogP contribution < -0.4 is 5.32 Å². The monoisotopic (exact) mass is 344 g/mol. The highest BCUT2D eigenvalue weighted by Gasteiger charge is 2.15. The lowest BCUT2D eigenvalue weighted by Crippen LogP contribution is -2.40. The maximum atomic E-state index is 5.13. The number of likely N-dealkylation sites (tertiary alicyclic amines) is 1. The number of hydrogen-bond acceptors (Lipinski definition) is 4. The Morgan fingerprint density at radius 2 is 2.04 bits per heavy atom. The molecule has 0 saturated carbocycles. The van der Waals surface area contributed by atoms with Crippen LogP contribution in [0.5, 0.6) is 0 Å². The van der Waals surface area contributed by atoms with Gasteiger partial charge in [-0.25, -0.2) is 9.98 Å². The fraction of sp³-hybridized carbons (Fsp3) is 0.444. The first-order valence-electron chi connectivity index (χ1n) is 8.39. The first kappa shape index (κ1) is 16.9. The van der Waals surface area contributed by atoms with Gasteiger partial charge in [0.15, 0.2) is 5.96 Å². The average Bonchev–Trinajstić information content (AvgIpc) is 3.08. The number of rotatable bonds is 5. The lowest BCUT2D eigenvalue weighted by molar-refractivity contribution is 0.184. The van der Waals surface area contributed by atoms with E-state index in [0.717, 1.165) is 35.4 Å². The van der Waals surface area contributed by atoms with E-state index in [2.05, 4.69) is 32.7 Å². The number of nitrogens with zero attached hydrogens (tertiary/aromatic N) is 3. The third-order valence-electron chi connectivity index (χ3n) is 3.94. The number of methoxy groups -OCH3 is 1. The van der Waals surface area contributed by atoms with E-state index in [4.69, 9.17) is 9.73 Å². The molecule has 1 aliphatic heterocycles. The SMILES string of the molecule is COCc1nc(CN=C(Nc2ccccc2)N2CCCCC2)cs1. The highest BCUT2D eigenvalue weighted by Crippen LogP contribution is 2.15. The van der Waals surface area contributed by atoms with Gasteiger partial charge < -0.3 is 15.0 Å². The first-order chi connectivity index (χ1) is 11.8. The van der Waals surface area contributed by atoms with Gasteiger partial charge in [-0.15, -0.1) is 11.3 Å². The number of aromatic nitrogens is 1. The van der Waals surface area contributed by atoms with Gasteiger partial charge in [-0.3, -0.25) is 0 Å². The molecule has 1 aromatic carbocycles. The van der Waals surface area contributed by atoms with Crippen molar-refractivity contribution in [2.75, 3.05) is 25.5 Å². The minimum atomic E-state index is 0.565. The summed E-state index contributed by atoms with van der Waals surface area (Å²) in [7, 11) is 1.69. The summed E-state index contributed by atoms with van der Waals surface area (Å²) in [5.74, 6) is 0.946. The van der Waals surface area contributed by atoms with Crippen LogP contribution in [0.25, 0.3) is 0 Å². The number of piperidine rings is 1. The van der Waals surface area contributed by atoms with Crippen molar-refractivity contribution in [3.8, 4) is 0 Å². The van der Waals surface area contributed by atoms with Gasteiger partial charge in [0.25, 0.3) is 0 Å². The number of guanidine groups is 1. The molecule has 2 aromatic rings. The molecule has 0 spiro atoms. The Morgan fingerprint density at radius 1 is 1.25 bits per heavy atom. The Kier molecular flexibility index (Phi) is 6.20. The molecule has 0 bridgehead atoms. The summed E-state index contributed by atoms with van der Waals surface area (Å²) in [5, 5.41) is 6.54. The van der Waals surface area contributed by atoms with Crippen molar-refractivity contribution < 1.29 is 4.74 Å². The van der Waals surface area contributed by atoms with Crippen LogP contribution in [0, 0.1) is 0 Å². The number of nitrogens with one attached hydrogen (secondary N) is 1. The minimum absolute atomic E-state index is 0.565. The van der Waals surface area contributed by atoms with Gasteiger partial charge in [0.1, 0.15) is 5.01 Å². The van der Waals surface area contributed by atoms with Crippen molar-refractivity contribution >= 4 is 23.0 Å². The Morgan fingerprint density at radius 3 is 2.79 bits per heavy atom. The molecule has 0 radical (unpaired) electrons. The van der Waals surface area contributed by atoms with Crippen molar-refractivity contribution in [2.45, 2.75) is 32.4 Å². The average molecular weight is 344 g/mol. The van der Waals surface area contributed by atoms with Crippen molar-refractivity contribution in [3.63, 3.8) is 0 Å². The molecular formula is C18H24N4OS. The van der Waals surface area contributed by atoms with E-state index in [1.54, 1.807) is 18.4 Å². The molecule has 1 saturated heterocycles. The zero-order valence-electron chi connectivity index (χ0n) is 14.1. The summed E-state index contributed by atoms with van der Waals surface area (Å²) in [6.07, 6.45) is 3.76. The number of ether oxygens (including phenoxy) is 1. The Labute approximate surface area is 147 Å². The molecule has 6 heteroatoms. The predicted molar refractivity (Wildman–Crippen MR) is 99.5 cm³/mol. The Bertz CT molecular complexity index is 650. The summed E-state index contributed by atoms with van der Waals surface area (Å²) in [5.41, 5.74) is 2.07. The lowest BCUT2D eigenvalue weighted by atomic mass is 10.1. The van der Waals surface area contributed by atoms with Gasteiger partial charge in [-0.1, -0.05) is 18.2 Å². The normalized spacial score (nSPS) is 15.5. The highest BCUT2D eigenvalue weighted by molar-refractivity contribution is 7.09. The topological polar surface area (TPSA) is 49.8 Å². The highest BCUT2D eigenvalue weighted by atomic mass is 32.1. The fourth-order valence-corrected chi connectivity index (χ4v) is 3.50. The zero-order chi connectivity index (χ0) is 16.6. The smallest absolute Gasteiger partial charge is 0.198 e. The summed E-state index contributed by atoms with van der Waals surface area (Å²) < 4.78 is 5.13. The predicted octanol–water partition coefficient (Wildman–Crippen LogP) is 3.74. The van der Waals surface area contributed by atoms with Gasteiger partial charge in [-0.2, -0.15) is 0 Å². The zero-order valence-corrected chi connectivity index (χ0v) is 14.9. The van der Waals surface area contributed by atoms with Crippen LogP contribution in [0.4, 0.5) is 5.69 Å². The molecule has 0 aliphatic carbocycles. The Hall–Kier alpha value is -1.92. The van der Waals surface area contributed by atoms with Crippen molar-refractivity contribution in [1.82, 2.24) is 9.88 Å². The van der Waals surface area contributed by atoms with Crippen molar-refractivity contribution in [2.24, 2.45) is 4.99 Å². The first-order valence-corrected chi connectivity index (χ1v) is 9.27. The number of aliphatic imine (C=N–C) groups is 1. The molecule has 128 valence electrons. The van der Waals surface area contributed by atoms with Crippen LogP contribution in [0.15, 0.2) is 40.7 Å². The fourth-order valence-electron chi connectivity index (χ4n) is 2.74. The van der Waals surface area contributed by atoms with Crippen LogP contribution in [0.2, 0.25) is 0 Å². The van der Waals surface area contributed by atoms with Crippen molar-refractivity contribution in [1.29, 1.82) is 0 Å². The molecule has 1 N–H and O–H groups in total. The summed E-state index contributed by atoms with van der Waals surface area (Å²) in [6.45, 7) is 3.27. The van der Waals surface area contributed by atoms with E-state index in [9.17, 15) is 0 Å². The molecule has 1 aliphatic rings. The van der Waals surface area contributed by atoms with Crippen LogP contribution >= 0.6 is 11.3 Å². The molecule has 2 heterocycles. The van der Waals surface area contributed by atoms with E-state index in [1.807, 2.05) is 18.2 Å². The second-order valence-corrected chi connectivity index (χ2v) is 6.79. The van der Waals surface area contributed by atoms with Gasteiger partial charge >= 0.3 is 0 Å². The third-order valence-corrected chi connectivity index (χ3v) is 4.81. The molecule has 1 aromatic heterocycles. The van der Waals surface area contributed by atoms with Crippen LogP contribution in [0.3, 0.4) is 0 Å². The van der Waals surface area contributed by atoms with Crippen LogP contribution in [0.1, 0.15) is 30.0 Å². The molecule has 0 atom stereocenters. The maximum Gasteiger partial charge on any atom is 0.198 e. The molecular weight excluding hydrogens is 320 g/mol. The number of anilines is 1. The maximum absolute atomic E-state index is 5.13. The number of para-hydroxylation sites is 1. The van der Waals surface area contributed by atoms with Crippen molar-refractivity contribution in [3.05, 3.63) is 46.4 Å². The van der Waals surface area contributed by atoms with Gasteiger partial charge in [0.05, 0.1) is 18.8 Å². The summed E-state index contributed by atoms with van der Waals surface area (Å²) in [6, 6.07) is 10.2. The van der Waals surface area contributed by atoms with Gasteiger partial charge in [-0.05, 0) is 31.4 Å².